The van der Waals surface area contributed by atoms with Gasteiger partial charge in [-0.3, -0.25) is 9.52 Å². The molecule has 19 heavy (non-hydrogen) atoms. The van der Waals surface area contributed by atoms with E-state index >= 15 is 0 Å². The van der Waals surface area contributed by atoms with Gasteiger partial charge in [0.15, 0.2) is 5.75 Å². The standard InChI is InChI=1S/C10H10N4O4S/c11-10(15)8-9-7(3-13-8)19(16,17)14-5-1-2-12-6(5)4-18-9/h1-3,12-14H,4H2,(H2,11,15). The Labute approximate surface area is 108 Å². The van der Waals surface area contributed by atoms with Crippen molar-refractivity contribution in [1.29, 1.82) is 0 Å². The van der Waals surface area contributed by atoms with E-state index in [-0.39, 0.29) is 22.9 Å². The van der Waals surface area contributed by atoms with Crippen molar-refractivity contribution in [3.05, 3.63) is 29.8 Å². The first-order valence-corrected chi connectivity index (χ1v) is 6.80. The second kappa shape index (κ2) is 3.79. The van der Waals surface area contributed by atoms with E-state index in [1.54, 1.807) is 12.3 Å². The van der Waals surface area contributed by atoms with Gasteiger partial charge in [0.05, 0.1) is 11.4 Å². The van der Waals surface area contributed by atoms with Crippen LogP contribution < -0.4 is 15.2 Å². The van der Waals surface area contributed by atoms with Gasteiger partial charge in [0.25, 0.3) is 15.9 Å². The van der Waals surface area contributed by atoms with Crippen LogP contribution in [-0.4, -0.2) is 24.3 Å². The summed E-state index contributed by atoms with van der Waals surface area (Å²) >= 11 is 0. The number of amides is 1. The largest absolute Gasteiger partial charge is 0.483 e. The fraction of sp³-hybridized carbons (Fsp3) is 0.100. The molecule has 0 bridgehead atoms. The molecular formula is C10H10N4O4S. The maximum atomic E-state index is 12.2. The number of hydrogen-bond acceptors (Lipinski definition) is 4. The Kier molecular flexibility index (Phi) is 2.32. The maximum Gasteiger partial charge on any atom is 0.269 e. The van der Waals surface area contributed by atoms with Crippen LogP contribution in [0.25, 0.3) is 0 Å². The van der Waals surface area contributed by atoms with Crippen LogP contribution in [0.15, 0.2) is 23.4 Å². The highest BCUT2D eigenvalue weighted by Crippen LogP contribution is 2.33. The van der Waals surface area contributed by atoms with E-state index < -0.39 is 15.9 Å². The molecule has 100 valence electrons. The molecule has 2 aromatic heterocycles. The van der Waals surface area contributed by atoms with Crippen molar-refractivity contribution >= 4 is 21.6 Å². The molecule has 8 nitrogen and oxygen atoms in total. The molecule has 0 spiro atoms. The van der Waals surface area contributed by atoms with Crippen LogP contribution in [0.3, 0.4) is 0 Å². The van der Waals surface area contributed by atoms with Crippen molar-refractivity contribution in [1.82, 2.24) is 9.97 Å². The van der Waals surface area contributed by atoms with Crippen LogP contribution in [-0.2, 0) is 16.6 Å². The third-order valence-electron chi connectivity index (χ3n) is 2.77. The molecule has 0 atom stereocenters. The van der Waals surface area contributed by atoms with Gasteiger partial charge in [-0.15, -0.1) is 0 Å². The Morgan fingerprint density at radius 3 is 2.89 bits per heavy atom. The first-order valence-electron chi connectivity index (χ1n) is 5.32. The molecule has 0 radical (unpaired) electrons. The van der Waals surface area contributed by atoms with Gasteiger partial charge in [-0.25, -0.2) is 8.42 Å². The van der Waals surface area contributed by atoms with Crippen LogP contribution in [0.1, 0.15) is 16.2 Å². The number of sulfonamides is 1. The summed E-state index contributed by atoms with van der Waals surface area (Å²) in [7, 11) is -3.83. The lowest BCUT2D eigenvalue weighted by Crippen LogP contribution is -2.19. The van der Waals surface area contributed by atoms with Gasteiger partial charge < -0.3 is 20.4 Å². The van der Waals surface area contributed by atoms with E-state index in [1.165, 1.54) is 6.20 Å². The Hall–Kier alpha value is -2.42. The highest BCUT2D eigenvalue weighted by Gasteiger charge is 2.29. The highest BCUT2D eigenvalue weighted by atomic mass is 32.2. The number of H-pyrrole nitrogens is 2. The molecule has 2 aromatic rings. The molecule has 1 aliphatic heterocycles. The number of aromatic amines is 2. The first-order chi connectivity index (χ1) is 8.99. The van der Waals surface area contributed by atoms with Crippen molar-refractivity contribution in [2.24, 2.45) is 5.73 Å². The number of nitrogens with two attached hydrogens (primary N) is 1. The summed E-state index contributed by atoms with van der Waals surface area (Å²) in [5.74, 6) is -0.857. The minimum absolute atomic E-state index is 0.0692. The molecule has 1 amide bonds. The van der Waals surface area contributed by atoms with E-state index in [0.29, 0.717) is 11.4 Å². The van der Waals surface area contributed by atoms with E-state index in [2.05, 4.69) is 14.7 Å². The fourth-order valence-corrected chi connectivity index (χ4v) is 3.09. The topological polar surface area (TPSA) is 130 Å². The number of carbonyl (C=O) groups is 1. The number of ether oxygens (including phenoxy) is 1. The predicted molar refractivity (Wildman–Crippen MR) is 65.2 cm³/mol. The quantitative estimate of drug-likeness (QED) is 0.592. The molecule has 0 unspecified atom stereocenters. The van der Waals surface area contributed by atoms with Crippen LogP contribution >= 0.6 is 0 Å². The van der Waals surface area contributed by atoms with Gasteiger partial charge in [-0.05, 0) is 6.07 Å². The van der Waals surface area contributed by atoms with Crippen LogP contribution in [0.4, 0.5) is 5.69 Å². The van der Waals surface area contributed by atoms with Gasteiger partial charge >= 0.3 is 0 Å². The number of primary amides is 1. The minimum atomic E-state index is -3.83. The monoisotopic (exact) mass is 282 g/mol. The molecule has 0 aliphatic carbocycles. The zero-order chi connectivity index (χ0) is 13.6. The Morgan fingerprint density at radius 1 is 1.37 bits per heavy atom. The fourth-order valence-electron chi connectivity index (χ4n) is 1.88. The summed E-state index contributed by atoms with van der Waals surface area (Å²) in [5, 5.41) is 0. The molecular weight excluding hydrogens is 272 g/mol. The van der Waals surface area contributed by atoms with Crippen molar-refractivity contribution in [2.45, 2.75) is 11.5 Å². The Morgan fingerprint density at radius 2 is 2.16 bits per heavy atom. The first kappa shape index (κ1) is 11.7. The zero-order valence-electron chi connectivity index (χ0n) is 9.56. The van der Waals surface area contributed by atoms with E-state index in [0.717, 1.165) is 0 Å². The summed E-state index contributed by atoms with van der Waals surface area (Å²) in [6.07, 6.45) is 2.77. The molecule has 3 rings (SSSR count). The van der Waals surface area contributed by atoms with Crippen molar-refractivity contribution < 1.29 is 17.9 Å². The number of aromatic nitrogens is 2. The molecule has 1 aliphatic rings. The predicted octanol–water partition coefficient (Wildman–Crippen LogP) is 0.135. The normalized spacial score (nSPS) is 16.2. The summed E-state index contributed by atoms with van der Waals surface area (Å²) in [5.41, 5.74) is 6.06. The molecule has 9 heteroatoms. The van der Waals surface area contributed by atoms with Gasteiger partial charge in [-0.1, -0.05) is 0 Å². The lowest BCUT2D eigenvalue weighted by Gasteiger charge is -2.15. The van der Waals surface area contributed by atoms with Crippen LogP contribution in [0, 0.1) is 0 Å². The zero-order valence-corrected chi connectivity index (χ0v) is 10.4. The van der Waals surface area contributed by atoms with Gasteiger partial charge in [-0.2, -0.15) is 0 Å². The number of carbonyl (C=O) groups excluding carboxylic acids is 1. The number of hydrogen-bond donors (Lipinski definition) is 4. The smallest absolute Gasteiger partial charge is 0.269 e. The maximum absolute atomic E-state index is 12.2. The minimum Gasteiger partial charge on any atom is -0.483 e. The number of fused-ring (bicyclic) bond motifs is 2. The number of nitrogens with one attached hydrogen (secondary N) is 3. The molecule has 0 saturated heterocycles. The third kappa shape index (κ3) is 1.74. The summed E-state index contributed by atoms with van der Waals surface area (Å²) in [6.45, 7) is 0.0932. The average Bonchev–Trinajstić information content (AvgIpc) is 2.90. The molecule has 0 saturated carbocycles. The Balaban J connectivity index is 2.18. The third-order valence-corrected chi connectivity index (χ3v) is 4.14. The van der Waals surface area contributed by atoms with Crippen LogP contribution in [0.5, 0.6) is 5.75 Å². The highest BCUT2D eigenvalue weighted by molar-refractivity contribution is 7.92. The lowest BCUT2D eigenvalue weighted by atomic mass is 10.3. The molecule has 0 fully saturated rings. The number of anilines is 1. The van der Waals surface area contributed by atoms with E-state index in [9.17, 15) is 13.2 Å². The van der Waals surface area contributed by atoms with Crippen molar-refractivity contribution in [3.8, 4) is 5.75 Å². The van der Waals surface area contributed by atoms with E-state index in [1.807, 2.05) is 0 Å². The van der Waals surface area contributed by atoms with Gasteiger partial charge in [0.2, 0.25) is 0 Å². The van der Waals surface area contributed by atoms with Crippen molar-refractivity contribution in [2.75, 3.05) is 4.72 Å². The molecule has 5 N–H and O–H groups in total. The second-order valence-corrected chi connectivity index (χ2v) is 5.64. The second-order valence-electron chi connectivity index (χ2n) is 3.99. The summed E-state index contributed by atoms with van der Waals surface area (Å²) in [4.78, 5) is 16.5. The van der Waals surface area contributed by atoms with Gasteiger partial charge in [0.1, 0.15) is 17.2 Å². The Bertz CT molecular complexity index is 758. The van der Waals surface area contributed by atoms with Gasteiger partial charge in [0, 0.05) is 12.4 Å². The van der Waals surface area contributed by atoms with E-state index in [4.69, 9.17) is 10.5 Å². The summed E-state index contributed by atoms with van der Waals surface area (Å²) in [6, 6.07) is 1.59. The number of rotatable bonds is 1. The molecule has 0 aromatic carbocycles. The lowest BCUT2D eigenvalue weighted by molar-refractivity contribution is 0.0991. The van der Waals surface area contributed by atoms with Crippen LogP contribution in [0.2, 0.25) is 0 Å². The molecule has 3 heterocycles. The SMILES string of the molecule is NC(=O)c1[nH]cc2c1OCc1[nH]ccc1NS2(=O)=O. The average molecular weight is 282 g/mol. The summed E-state index contributed by atoms with van der Waals surface area (Å²) < 4.78 is 32.1. The van der Waals surface area contributed by atoms with Crippen molar-refractivity contribution in [3.63, 3.8) is 0 Å².